The number of para-hydroxylation sites is 2. The van der Waals surface area contributed by atoms with Crippen LogP contribution in [0.5, 0.6) is 5.75 Å². The van der Waals surface area contributed by atoms with Gasteiger partial charge in [0.2, 0.25) is 0 Å². The van der Waals surface area contributed by atoms with Gasteiger partial charge in [-0.05, 0) is 43.3 Å². The van der Waals surface area contributed by atoms with E-state index in [2.05, 4.69) is 63.1 Å². The Morgan fingerprint density at radius 2 is 1.68 bits per heavy atom. The van der Waals surface area contributed by atoms with Crippen molar-refractivity contribution in [1.82, 2.24) is 9.55 Å². The third-order valence-electron chi connectivity index (χ3n) is 5.07. The molecular weight excluding hydrogens is 348 g/mol. The number of benzene rings is 3. The van der Waals surface area contributed by atoms with Gasteiger partial charge >= 0.3 is 0 Å². The molecule has 0 spiro atoms. The van der Waals surface area contributed by atoms with Gasteiger partial charge < -0.3 is 9.67 Å². The van der Waals surface area contributed by atoms with E-state index >= 15 is 0 Å². The minimum absolute atomic E-state index is 0.142. The second-order valence-electron chi connectivity index (χ2n) is 6.67. The molecule has 0 unspecified atom stereocenters. The molecule has 5 heteroatoms. The fraction of sp³-hybridized carbons (Fsp3) is 0.0870. The Morgan fingerprint density at radius 3 is 2.57 bits per heavy atom. The van der Waals surface area contributed by atoms with Crippen LogP contribution in [-0.2, 0) is 6.54 Å². The summed E-state index contributed by atoms with van der Waals surface area (Å²) in [6.07, 6.45) is 1.63. The molecule has 0 atom stereocenters. The molecule has 28 heavy (non-hydrogen) atoms. The molecule has 1 N–H and O–H groups in total. The van der Waals surface area contributed by atoms with E-state index in [0.29, 0.717) is 11.2 Å². The van der Waals surface area contributed by atoms with Crippen molar-refractivity contribution in [3.8, 4) is 5.75 Å². The first-order valence-corrected chi connectivity index (χ1v) is 9.25. The van der Waals surface area contributed by atoms with E-state index in [1.807, 2.05) is 12.1 Å². The number of aryl methyl sites for hydroxylation is 1. The molecular formula is C23H18N4O. The van der Waals surface area contributed by atoms with Gasteiger partial charge in [0.15, 0.2) is 0 Å². The number of pyridine rings is 1. The topological polar surface area (TPSA) is 62.8 Å². The second kappa shape index (κ2) is 6.46. The second-order valence-corrected chi connectivity index (χ2v) is 6.67. The predicted molar refractivity (Wildman–Crippen MR) is 113 cm³/mol. The molecule has 3 aromatic carbocycles. The van der Waals surface area contributed by atoms with Gasteiger partial charge in [-0.2, -0.15) is 5.11 Å². The zero-order valence-electron chi connectivity index (χ0n) is 15.4. The normalized spacial score (nSPS) is 11.9. The van der Waals surface area contributed by atoms with Crippen LogP contribution in [0, 0.1) is 0 Å². The molecule has 0 aliphatic heterocycles. The Balaban J connectivity index is 1.63. The molecule has 0 saturated carbocycles. The summed E-state index contributed by atoms with van der Waals surface area (Å²) in [5.41, 5.74) is 4.42. The van der Waals surface area contributed by atoms with E-state index < -0.39 is 0 Å². The van der Waals surface area contributed by atoms with Gasteiger partial charge in [0.25, 0.3) is 0 Å². The highest BCUT2D eigenvalue weighted by Gasteiger charge is 2.10. The molecule has 0 aliphatic rings. The molecule has 0 amide bonds. The molecule has 2 aromatic heterocycles. The summed E-state index contributed by atoms with van der Waals surface area (Å²) < 4.78 is 2.31. The summed E-state index contributed by atoms with van der Waals surface area (Å²) in [5.74, 6) is 0.142. The van der Waals surface area contributed by atoms with Crippen LogP contribution in [0.4, 0.5) is 11.4 Å². The summed E-state index contributed by atoms with van der Waals surface area (Å²) in [7, 11) is 0. The SMILES string of the molecule is CCn1c2ccccc2c2cc(N=Nc3ccnc4c(O)cccc34)ccc21. The number of rotatable bonds is 3. The largest absolute Gasteiger partial charge is 0.506 e. The Morgan fingerprint density at radius 1 is 0.857 bits per heavy atom. The van der Waals surface area contributed by atoms with E-state index in [4.69, 9.17) is 0 Å². The Bertz CT molecular complexity index is 1370. The highest BCUT2D eigenvalue weighted by Crippen LogP contribution is 2.34. The maximum atomic E-state index is 9.99. The van der Waals surface area contributed by atoms with Crippen LogP contribution in [0.3, 0.4) is 0 Å². The van der Waals surface area contributed by atoms with Crippen molar-refractivity contribution in [2.24, 2.45) is 10.2 Å². The van der Waals surface area contributed by atoms with Crippen molar-refractivity contribution in [3.05, 3.63) is 72.9 Å². The maximum absolute atomic E-state index is 9.99. The zero-order valence-corrected chi connectivity index (χ0v) is 15.4. The maximum Gasteiger partial charge on any atom is 0.141 e. The number of aromatic nitrogens is 2. The quantitative estimate of drug-likeness (QED) is 0.371. The summed E-state index contributed by atoms with van der Waals surface area (Å²) in [4.78, 5) is 4.23. The van der Waals surface area contributed by atoms with Crippen molar-refractivity contribution in [2.75, 3.05) is 0 Å². The first-order valence-electron chi connectivity index (χ1n) is 9.25. The first kappa shape index (κ1) is 16.4. The van der Waals surface area contributed by atoms with E-state index in [1.54, 1.807) is 24.4 Å². The molecule has 0 saturated heterocycles. The zero-order chi connectivity index (χ0) is 19.1. The van der Waals surface area contributed by atoms with Crippen LogP contribution in [0.1, 0.15) is 6.92 Å². The van der Waals surface area contributed by atoms with Crippen molar-refractivity contribution in [3.63, 3.8) is 0 Å². The Hall–Kier alpha value is -3.73. The van der Waals surface area contributed by atoms with Crippen molar-refractivity contribution in [2.45, 2.75) is 13.5 Å². The van der Waals surface area contributed by atoms with Crippen molar-refractivity contribution >= 4 is 44.1 Å². The van der Waals surface area contributed by atoms with Crippen LogP contribution < -0.4 is 0 Å². The third kappa shape index (κ3) is 2.52. The van der Waals surface area contributed by atoms with Gasteiger partial charge in [-0.15, -0.1) is 5.11 Å². The molecule has 5 aromatic rings. The van der Waals surface area contributed by atoms with Crippen LogP contribution in [0.25, 0.3) is 32.7 Å². The molecule has 136 valence electrons. The summed E-state index contributed by atoms with van der Waals surface area (Å²) in [6.45, 7) is 3.07. The van der Waals surface area contributed by atoms with Crippen LogP contribution in [-0.4, -0.2) is 14.7 Å². The van der Waals surface area contributed by atoms with Gasteiger partial charge in [0.05, 0.1) is 11.4 Å². The first-order chi connectivity index (χ1) is 13.8. The third-order valence-corrected chi connectivity index (χ3v) is 5.07. The summed E-state index contributed by atoms with van der Waals surface area (Å²) >= 11 is 0. The molecule has 0 aliphatic carbocycles. The van der Waals surface area contributed by atoms with Crippen LogP contribution in [0.15, 0.2) is 83.2 Å². The summed E-state index contributed by atoms with van der Waals surface area (Å²) in [6, 6.07) is 21.7. The number of phenolic OH excluding ortho intramolecular Hbond substituents is 1. The molecule has 5 nitrogen and oxygen atoms in total. The van der Waals surface area contributed by atoms with E-state index in [0.717, 1.165) is 17.6 Å². The summed E-state index contributed by atoms with van der Waals surface area (Å²) in [5, 5.41) is 22.0. The minimum atomic E-state index is 0.142. The molecule has 0 bridgehead atoms. The standard InChI is InChI=1S/C23H18N4O/c1-2-27-20-8-4-3-6-16(20)18-14-15(10-11-21(18)27)25-26-19-12-13-24-23-17(19)7-5-9-22(23)28/h3-14,28H,2H2,1H3. The Kier molecular flexibility index (Phi) is 3.79. The fourth-order valence-electron chi connectivity index (χ4n) is 3.79. The smallest absolute Gasteiger partial charge is 0.141 e. The van der Waals surface area contributed by atoms with Gasteiger partial charge in [0, 0.05) is 39.9 Å². The molecule has 0 fully saturated rings. The van der Waals surface area contributed by atoms with E-state index in [1.165, 1.54) is 21.8 Å². The molecule has 0 radical (unpaired) electrons. The lowest BCUT2D eigenvalue weighted by molar-refractivity contribution is 0.480. The lowest BCUT2D eigenvalue weighted by atomic mass is 10.1. The fourth-order valence-corrected chi connectivity index (χ4v) is 3.79. The number of hydrogen-bond donors (Lipinski definition) is 1. The van der Waals surface area contributed by atoms with Crippen LogP contribution in [0.2, 0.25) is 0 Å². The van der Waals surface area contributed by atoms with E-state index in [-0.39, 0.29) is 5.75 Å². The number of hydrogen-bond acceptors (Lipinski definition) is 4. The number of fused-ring (bicyclic) bond motifs is 4. The highest BCUT2D eigenvalue weighted by molar-refractivity contribution is 6.08. The van der Waals surface area contributed by atoms with Crippen molar-refractivity contribution in [1.29, 1.82) is 0 Å². The number of nitrogens with zero attached hydrogens (tertiary/aromatic N) is 4. The minimum Gasteiger partial charge on any atom is -0.506 e. The van der Waals surface area contributed by atoms with Gasteiger partial charge in [-0.25, -0.2) is 0 Å². The monoisotopic (exact) mass is 366 g/mol. The Labute approximate surface area is 161 Å². The lowest BCUT2D eigenvalue weighted by Gasteiger charge is -2.03. The molecule has 5 rings (SSSR count). The molecule has 2 heterocycles. The van der Waals surface area contributed by atoms with E-state index in [9.17, 15) is 5.11 Å². The average molecular weight is 366 g/mol. The van der Waals surface area contributed by atoms with Gasteiger partial charge in [-0.1, -0.05) is 30.3 Å². The van der Waals surface area contributed by atoms with Crippen LogP contribution >= 0.6 is 0 Å². The van der Waals surface area contributed by atoms with Gasteiger partial charge in [0.1, 0.15) is 11.3 Å². The lowest BCUT2D eigenvalue weighted by Crippen LogP contribution is -1.92. The van der Waals surface area contributed by atoms with Crippen molar-refractivity contribution < 1.29 is 5.11 Å². The van der Waals surface area contributed by atoms with Gasteiger partial charge in [-0.3, -0.25) is 4.98 Å². The average Bonchev–Trinajstić information content (AvgIpc) is 3.05. The number of aromatic hydroxyl groups is 1. The number of phenols is 1. The highest BCUT2D eigenvalue weighted by atomic mass is 16.3. The predicted octanol–water partition coefficient (Wildman–Crippen LogP) is 6.48. The number of azo groups is 1.